The molecular weight excluding hydrogens is 108 g/mol. The van der Waals surface area contributed by atoms with Crippen molar-refractivity contribution in [3.63, 3.8) is 0 Å². The quantitative estimate of drug-likeness (QED) is 0.375. The van der Waals surface area contributed by atoms with E-state index in [0.717, 1.165) is 6.34 Å². The van der Waals surface area contributed by atoms with Gasteiger partial charge in [-0.2, -0.15) is 0 Å². The summed E-state index contributed by atoms with van der Waals surface area (Å²) in [6, 6.07) is -0.722. The third-order valence-electron chi connectivity index (χ3n) is 0.667. The lowest BCUT2D eigenvalue weighted by atomic mass is 10.4. The summed E-state index contributed by atoms with van der Waals surface area (Å²) in [6.45, 7) is 1.45. The van der Waals surface area contributed by atoms with Crippen LogP contribution in [0.3, 0.4) is 0 Å². The highest BCUT2D eigenvalue weighted by atomic mass is 16.4. The average molecular weight is 116 g/mol. The second-order valence-electron chi connectivity index (χ2n) is 1.31. The molecule has 3 N–H and O–H groups in total. The Labute approximate surface area is 47.0 Å². The molecule has 0 aromatic rings. The molecule has 1 unspecified atom stereocenters. The number of aliphatic imine (C=N–C) groups is 1. The van der Waals surface area contributed by atoms with Crippen LogP contribution in [0.4, 0.5) is 0 Å². The minimum atomic E-state index is -0.966. The number of carbonyl (C=O) groups is 1. The molecule has 0 saturated carbocycles. The highest BCUT2D eigenvalue weighted by molar-refractivity contribution is 5.74. The summed E-state index contributed by atoms with van der Waals surface area (Å²) in [5.41, 5.74) is 4.81. The topological polar surface area (TPSA) is 75.7 Å². The standard InChI is InChI=1S/C4H8N2O2/c1-3(4(7)8)6-2-5/h2-3H,1H3,(H2,5,6)(H,7,8). The number of carboxylic acid groups (broad SMARTS) is 1. The van der Waals surface area contributed by atoms with Crippen LogP contribution in [0.1, 0.15) is 6.92 Å². The molecule has 8 heavy (non-hydrogen) atoms. The smallest absolute Gasteiger partial charge is 0.328 e. The molecule has 0 saturated heterocycles. The molecule has 0 aromatic heterocycles. The highest BCUT2D eigenvalue weighted by Gasteiger charge is 2.04. The molecule has 0 radical (unpaired) electrons. The summed E-state index contributed by atoms with van der Waals surface area (Å²) in [6.07, 6.45) is 0.985. The van der Waals surface area contributed by atoms with Gasteiger partial charge in [-0.1, -0.05) is 0 Å². The molecule has 0 aliphatic rings. The fraction of sp³-hybridized carbons (Fsp3) is 0.500. The molecule has 1 atom stereocenters. The van der Waals surface area contributed by atoms with Crippen molar-refractivity contribution in [1.82, 2.24) is 0 Å². The molecule has 0 spiro atoms. The number of carboxylic acids is 1. The van der Waals surface area contributed by atoms with Gasteiger partial charge < -0.3 is 10.8 Å². The lowest BCUT2D eigenvalue weighted by Crippen LogP contribution is -2.14. The molecular formula is C4H8N2O2. The molecule has 4 nitrogen and oxygen atoms in total. The van der Waals surface area contributed by atoms with E-state index in [0.29, 0.717) is 0 Å². The first-order valence-corrected chi connectivity index (χ1v) is 2.14. The van der Waals surface area contributed by atoms with E-state index >= 15 is 0 Å². The third-order valence-corrected chi connectivity index (χ3v) is 0.667. The molecule has 4 heteroatoms. The fourth-order valence-electron chi connectivity index (χ4n) is 0.193. The second-order valence-corrected chi connectivity index (χ2v) is 1.31. The van der Waals surface area contributed by atoms with Gasteiger partial charge in [-0.25, -0.2) is 4.79 Å². The Morgan fingerprint density at radius 1 is 2.00 bits per heavy atom. The first-order valence-electron chi connectivity index (χ1n) is 2.14. The maximum atomic E-state index is 9.92. The van der Waals surface area contributed by atoms with Gasteiger partial charge in [0.15, 0.2) is 0 Å². The predicted molar refractivity (Wildman–Crippen MR) is 29.8 cm³/mol. The first kappa shape index (κ1) is 6.94. The Kier molecular flexibility index (Phi) is 2.61. The van der Waals surface area contributed by atoms with Gasteiger partial charge in [-0.3, -0.25) is 4.99 Å². The molecule has 0 bridgehead atoms. The average Bonchev–Trinajstić information content (AvgIpc) is 1.67. The van der Waals surface area contributed by atoms with Crippen LogP contribution in [0.2, 0.25) is 0 Å². The number of nitrogens with two attached hydrogens (primary N) is 1. The van der Waals surface area contributed by atoms with Gasteiger partial charge in [0.05, 0.1) is 6.34 Å². The van der Waals surface area contributed by atoms with Crippen molar-refractivity contribution in [3.8, 4) is 0 Å². The van der Waals surface area contributed by atoms with E-state index in [4.69, 9.17) is 10.8 Å². The van der Waals surface area contributed by atoms with Crippen molar-refractivity contribution in [3.05, 3.63) is 0 Å². The van der Waals surface area contributed by atoms with E-state index in [2.05, 4.69) is 4.99 Å². The Hall–Kier alpha value is -1.06. The number of hydrogen-bond acceptors (Lipinski definition) is 2. The maximum Gasteiger partial charge on any atom is 0.328 e. The Morgan fingerprint density at radius 2 is 2.50 bits per heavy atom. The molecule has 0 aliphatic heterocycles. The van der Waals surface area contributed by atoms with Crippen molar-refractivity contribution in [2.75, 3.05) is 0 Å². The molecule has 0 aromatic carbocycles. The van der Waals surface area contributed by atoms with Crippen LogP contribution in [0.5, 0.6) is 0 Å². The van der Waals surface area contributed by atoms with Gasteiger partial charge in [0.2, 0.25) is 0 Å². The van der Waals surface area contributed by atoms with E-state index < -0.39 is 12.0 Å². The van der Waals surface area contributed by atoms with Gasteiger partial charge in [0.25, 0.3) is 0 Å². The second kappa shape index (κ2) is 3.01. The van der Waals surface area contributed by atoms with Crippen LogP contribution >= 0.6 is 0 Å². The van der Waals surface area contributed by atoms with Crippen molar-refractivity contribution in [1.29, 1.82) is 0 Å². The summed E-state index contributed by atoms with van der Waals surface area (Å²) in [5.74, 6) is -0.966. The van der Waals surface area contributed by atoms with E-state index in [1.54, 1.807) is 0 Å². The van der Waals surface area contributed by atoms with E-state index in [9.17, 15) is 4.79 Å². The van der Waals surface area contributed by atoms with Crippen molar-refractivity contribution in [2.45, 2.75) is 13.0 Å². The van der Waals surface area contributed by atoms with E-state index in [1.807, 2.05) is 0 Å². The van der Waals surface area contributed by atoms with Crippen LogP contribution in [0.25, 0.3) is 0 Å². The van der Waals surface area contributed by atoms with Crippen LogP contribution in [0.15, 0.2) is 4.99 Å². The SMILES string of the molecule is CC(N=CN)C(=O)O. The number of aliphatic carboxylic acids is 1. The predicted octanol–water partition coefficient (Wildman–Crippen LogP) is -0.553. The fourth-order valence-corrected chi connectivity index (χ4v) is 0.193. The summed E-state index contributed by atoms with van der Waals surface area (Å²) < 4.78 is 0. The van der Waals surface area contributed by atoms with Gasteiger partial charge in [0, 0.05) is 0 Å². The van der Waals surface area contributed by atoms with E-state index in [-0.39, 0.29) is 0 Å². The van der Waals surface area contributed by atoms with E-state index in [1.165, 1.54) is 6.92 Å². The van der Waals surface area contributed by atoms with Gasteiger partial charge in [0.1, 0.15) is 6.04 Å². The van der Waals surface area contributed by atoms with Crippen molar-refractivity contribution in [2.24, 2.45) is 10.7 Å². The number of nitrogens with zero attached hydrogens (tertiary/aromatic N) is 1. The minimum Gasteiger partial charge on any atom is -0.480 e. The Bertz CT molecular complexity index is 111. The Balaban J connectivity index is 3.64. The lowest BCUT2D eigenvalue weighted by Gasteiger charge is -1.93. The summed E-state index contributed by atoms with van der Waals surface area (Å²) in [4.78, 5) is 13.3. The summed E-state index contributed by atoms with van der Waals surface area (Å²) in [5, 5.41) is 8.14. The Morgan fingerprint density at radius 3 is 2.62 bits per heavy atom. The van der Waals surface area contributed by atoms with Crippen LogP contribution < -0.4 is 5.73 Å². The van der Waals surface area contributed by atoms with Crippen LogP contribution in [-0.2, 0) is 4.79 Å². The molecule has 0 aliphatic carbocycles. The molecule has 46 valence electrons. The zero-order valence-electron chi connectivity index (χ0n) is 4.53. The molecule has 0 amide bonds. The van der Waals surface area contributed by atoms with Crippen LogP contribution in [0, 0.1) is 0 Å². The van der Waals surface area contributed by atoms with Gasteiger partial charge in [-0.15, -0.1) is 0 Å². The molecule has 0 fully saturated rings. The maximum absolute atomic E-state index is 9.92. The van der Waals surface area contributed by atoms with Crippen LogP contribution in [-0.4, -0.2) is 23.5 Å². The summed E-state index contributed by atoms with van der Waals surface area (Å²) >= 11 is 0. The summed E-state index contributed by atoms with van der Waals surface area (Å²) in [7, 11) is 0. The molecule has 0 heterocycles. The normalized spacial score (nSPS) is 14.1. The van der Waals surface area contributed by atoms with Gasteiger partial charge >= 0.3 is 5.97 Å². The van der Waals surface area contributed by atoms with Crippen molar-refractivity contribution < 1.29 is 9.90 Å². The third kappa shape index (κ3) is 2.17. The van der Waals surface area contributed by atoms with Gasteiger partial charge in [-0.05, 0) is 6.92 Å². The monoisotopic (exact) mass is 116 g/mol. The zero-order chi connectivity index (χ0) is 6.57. The van der Waals surface area contributed by atoms with Crippen molar-refractivity contribution >= 4 is 12.3 Å². The minimum absolute atomic E-state index is 0.722. The highest BCUT2D eigenvalue weighted by Crippen LogP contribution is 1.84. The zero-order valence-corrected chi connectivity index (χ0v) is 4.53. The first-order chi connectivity index (χ1) is 3.68. The largest absolute Gasteiger partial charge is 0.480 e. The number of hydrogen-bond donors (Lipinski definition) is 2. The lowest BCUT2D eigenvalue weighted by molar-refractivity contribution is -0.137. The molecule has 0 rings (SSSR count). The number of rotatable bonds is 2.